The van der Waals surface area contributed by atoms with Crippen molar-refractivity contribution in [2.75, 3.05) is 39.3 Å². The lowest BCUT2D eigenvalue weighted by atomic mass is 10.3. The summed E-state index contributed by atoms with van der Waals surface area (Å²) in [6.07, 6.45) is 2.45. The molecule has 2 atom stereocenters. The van der Waals surface area contributed by atoms with Crippen LogP contribution in [-0.4, -0.2) is 98.6 Å². The van der Waals surface area contributed by atoms with Crippen molar-refractivity contribution >= 4 is 27.1 Å². The van der Waals surface area contributed by atoms with Gasteiger partial charge in [0.2, 0.25) is 5.91 Å². The van der Waals surface area contributed by atoms with Crippen LogP contribution in [-0.2, 0) is 33.3 Å². The van der Waals surface area contributed by atoms with Crippen LogP contribution in [0.2, 0.25) is 0 Å². The van der Waals surface area contributed by atoms with Gasteiger partial charge in [-0.3, -0.25) is 18.8 Å². The molecule has 0 saturated carbocycles. The number of morpholine rings is 1. The number of hydrogen-bond acceptors (Lipinski definition) is 7. The average Bonchev–Trinajstić information content (AvgIpc) is 3.11. The van der Waals surface area contributed by atoms with E-state index in [9.17, 15) is 18.0 Å². The highest BCUT2D eigenvalue weighted by atomic mass is 32.2. The van der Waals surface area contributed by atoms with Crippen molar-refractivity contribution in [1.29, 1.82) is 0 Å². The van der Waals surface area contributed by atoms with Gasteiger partial charge in [0, 0.05) is 46.3 Å². The highest BCUT2D eigenvalue weighted by Crippen LogP contribution is 2.19. The Kier molecular flexibility index (Phi) is 5.85. The predicted octanol–water partition coefficient (Wildman–Crippen LogP) is -1.37. The molecule has 0 aromatic carbocycles. The van der Waals surface area contributed by atoms with Crippen molar-refractivity contribution in [3.63, 3.8) is 0 Å². The second kappa shape index (κ2) is 8.30. The zero-order valence-corrected chi connectivity index (χ0v) is 18.7. The summed E-state index contributed by atoms with van der Waals surface area (Å²) in [6.45, 7) is 5.16. The van der Waals surface area contributed by atoms with E-state index >= 15 is 0 Å². The number of piperazine rings is 1. The lowest BCUT2D eigenvalue weighted by Crippen LogP contribution is -2.58. The molecule has 2 unspecified atom stereocenters. The Morgan fingerprint density at radius 1 is 1.13 bits per heavy atom. The number of amides is 1. The molecule has 1 amide bonds. The third kappa shape index (κ3) is 4.22. The topological polar surface area (TPSA) is 123 Å². The van der Waals surface area contributed by atoms with Crippen LogP contribution in [0.1, 0.15) is 13.8 Å². The summed E-state index contributed by atoms with van der Waals surface area (Å²) in [5.74, 6) is -0.252. The summed E-state index contributed by atoms with van der Waals surface area (Å²) in [4.78, 5) is 31.1. The van der Waals surface area contributed by atoms with E-state index in [1.807, 2.05) is 13.8 Å². The average molecular weight is 454 g/mol. The highest BCUT2D eigenvalue weighted by Gasteiger charge is 2.37. The molecule has 2 fully saturated rings. The number of fused-ring (bicyclic) bond motifs is 1. The monoisotopic (exact) mass is 453 g/mol. The number of nitrogens with zero attached hydrogens (tertiary/aromatic N) is 7. The van der Waals surface area contributed by atoms with Crippen LogP contribution in [0.3, 0.4) is 0 Å². The van der Waals surface area contributed by atoms with Crippen molar-refractivity contribution in [1.82, 2.24) is 32.8 Å². The Labute approximate surface area is 180 Å². The molecule has 12 nitrogen and oxygen atoms in total. The van der Waals surface area contributed by atoms with Crippen LogP contribution in [0.4, 0.5) is 0 Å². The molecule has 170 valence electrons. The van der Waals surface area contributed by atoms with Crippen LogP contribution in [0.5, 0.6) is 0 Å². The minimum absolute atomic E-state index is 0.151. The van der Waals surface area contributed by atoms with E-state index < -0.39 is 10.2 Å². The van der Waals surface area contributed by atoms with Crippen LogP contribution in [0.15, 0.2) is 17.3 Å². The lowest BCUT2D eigenvalue weighted by Gasteiger charge is -2.40. The van der Waals surface area contributed by atoms with E-state index in [0.29, 0.717) is 24.1 Å². The lowest BCUT2D eigenvalue weighted by molar-refractivity contribution is -0.133. The molecule has 0 N–H and O–H groups in total. The summed E-state index contributed by atoms with van der Waals surface area (Å²) >= 11 is 0. The van der Waals surface area contributed by atoms with Gasteiger partial charge in [0.1, 0.15) is 18.3 Å². The van der Waals surface area contributed by atoms with E-state index in [-0.39, 0.29) is 56.4 Å². The van der Waals surface area contributed by atoms with Gasteiger partial charge in [-0.05, 0) is 13.8 Å². The van der Waals surface area contributed by atoms with Gasteiger partial charge in [0.25, 0.3) is 15.8 Å². The van der Waals surface area contributed by atoms with Gasteiger partial charge in [-0.15, -0.1) is 0 Å². The van der Waals surface area contributed by atoms with Gasteiger partial charge < -0.3 is 9.64 Å². The highest BCUT2D eigenvalue weighted by molar-refractivity contribution is 7.86. The molecule has 13 heteroatoms. The molecule has 2 saturated heterocycles. The number of carbonyl (C=O) groups excluding carboxylic acids is 1. The predicted molar refractivity (Wildman–Crippen MR) is 111 cm³/mol. The van der Waals surface area contributed by atoms with Gasteiger partial charge in [-0.2, -0.15) is 22.1 Å². The van der Waals surface area contributed by atoms with Crippen LogP contribution in [0, 0.1) is 0 Å². The van der Waals surface area contributed by atoms with Gasteiger partial charge >= 0.3 is 0 Å². The molecule has 4 heterocycles. The van der Waals surface area contributed by atoms with Gasteiger partial charge in [0.15, 0.2) is 5.65 Å². The van der Waals surface area contributed by atoms with Crippen molar-refractivity contribution < 1.29 is 17.9 Å². The molecule has 2 aliphatic heterocycles. The summed E-state index contributed by atoms with van der Waals surface area (Å²) in [6, 6.07) is 0. The van der Waals surface area contributed by atoms with Crippen molar-refractivity contribution in [2.24, 2.45) is 7.05 Å². The second-order valence-corrected chi connectivity index (χ2v) is 9.97. The number of ether oxygens (including phenoxy) is 1. The Bertz CT molecular complexity index is 1130. The van der Waals surface area contributed by atoms with Crippen LogP contribution >= 0.6 is 0 Å². The maximum absolute atomic E-state index is 13.0. The Morgan fingerprint density at radius 3 is 2.42 bits per heavy atom. The van der Waals surface area contributed by atoms with Crippen LogP contribution in [0.25, 0.3) is 11.0 Å². The largest absolute Gasteiger partial charge is 0.373 e. The number of aromatic nitrogens is 4. The van der Waals surface area contributed by atoms with E-state index in [0.717, 1.165) is 0 Å². The molecule has 4 rings (SSSR count). The molecule has 0 radical (unpaired) electrons. The second-order valence-electron chi connectivity index (χ2n) is 8.04. The third-order valence-corrected chi connectivity index (χ3v) is 7.62. The van der Waals surface area contributed by atoms with Gasteiger partial charge in [-0.25, -0.2) is 4.98 Å². The molecule has 0 aliphatic carbocycles. The first kappa shape index (κ1) is 21.9. The maximum Gasteiger partial charge on any atom is 0.282 e. The quantitative estimate of drug-likeness (QED) is 0.560. The first-order valence-electron chi connectivity index (χ1n) is 10.2. The normalized spacial score (nSPS) is 24.0. The smallest absolute Gasteiger partial charge is 0.282 e. The van der Waals surface area contributed by atoms with Gasteiger partial charge in [0.05, 0.1) is 18.4 Å². The Morgan fingerprint density at radius 2 is 1.77 bits per heavy atom. The SMILES string of the molecule is CC1CN(S(=O)(=O)N2CCN(C(=O)Cn3cnc4c(cnn4C)c3=O)CC2)CC(C)O1. The molecule has 2 aromatic heterocycles. The van der Waals surface area contributed by atoms with E-state index in [1.165, 1.54) is 30.4 Å². The summed E-state index contributed by atoms with van der Waals surface area (Å²) < 4.78 is 37.3. The zero-order valence-electron chi connectivity index (χ0n) is 17.8. The van der Waals surface area contributed by atoms with Crippen molar-refractivity contribution in [3.05, 3.63) is 22.9 Å². The minimum atomic E-state index is -3.61. The molecule has 2 aromatic rings. The number of aryl methyl sites for hydroxylation is 1. The summed E-state index contributed by atoms with van der Waals surface area (Å²) in [5.41, 5.74) is 0.127. The van der Waals surface area contributed by atoms with Crippen molar-refractivity contribution in [3.8, 4) is 0 Å². The number of hydrogen-bond donors (Lipinski definition) is 0. The number of carbonyl (C=O) groups is 1. The minimum Gasteiger partial charge on any atom is -0.373 e. The van der Waals surface area contributed by atoms with Crippen molar-refractivity contribution in [2.45, 2.75) is 32.6 Å². The van der Waals surface area contributed by atoms with E-state index in [2.05, 4.69) is 10.1 Å². The number of rotatable bonds is 4. The first-order valence-corrected chi connectivity index (χ1v) is 11.6. The fourth-order valence-electron chi connectivity index (χ4n) is 4.08. The Balaban J connectivity index is 1.39. The fraction of sp³-hybridized carbons (Fsp3) is 0.667. The molecular weight excluding hydrogens is 426 g/mol. The standard InChI is InChI=1S/C18H27N7O5S/c1-13-9-25(10-14(2)30-13)31(28,29)24-6-4-22(5-7-24)16(26)11-23-12-19-17-15(18(23)27)8-20-21(17)3/h8,12-14H,4-7,9-11H2,1-3H3. The molecule has 0 bridgehead atoms. The molecule has 2 aliphatic rings. The van der Waals surface area contributed by atoms with E-state index in [4.69, 9.17) is 4.74 Å². The molecule has 0 spiro atoms. The van der Waals surface area contributed by atoms with E-state index in [1.54, 1.807) is 11.9 Å². The summed E-state index contributed by atoms with van der Waals surface area (Å²) in [7, 11) is -1.92. The maximum atomic E-state index is 13.0. The third-order valence-electron chi connectivity index (χ3n) is 5.65. The Hall–Kier alpha value is -2.35. The fourth-order valence-corrected chi connectivity index (χ4v) is 5.82. The van der Waals surface area contributed by atoms with Gasteiger partial charge in [-0.1, -0.05) is 0 Å². The molecular formula is C18H27N7O5S. The summed E-state index contributed by atoms with van der Waals surface area (Å²) in [5, 5.41) is 4.37. The zero-order chi connectivity index (χ0) is 22.3. The first-order chi connectivity index (χ1) is 14.7. The molecule has 31 heavy (non-hydrogen) atoms. The van der Waals surface area contributed by atoms with Crippen LogP contribution < -0.4 is 5.56 Å².